The van der Waals surface area contributed by atoms with Crippen molar-refractivity contribution in [3.8, 4) is 11.1 Å². The highest BCUT2D eigenvalue weighted by molar-refractivity contribution is 5.63. The van der Waals surface area contributed by atoms with E-state index in [-0.39, 0.29) is 6.04 Å². The third-order valence-electron chi connectivity index (χ3n) is 4.27. The number of hydrogen-bond acceptors (Lipinski definition) is 2. The van der Waals surface area contributed by atoms with Crippen LogP contribution in [-0.4, -0.2) is 12.6 Å². The molecule has 3 aromatic rings. The van der Waals surface area contributed by atoms with Crippen molar-refractivity contribution < 1.29 is 0 Å². The summed E-state index contributed by atoms with van der Waals surface area (Å²) in [5.41, 5.74) is 11.0. The quantitative estimate of drug-likeness (QED) is 0.691. The van der Waals surface area contributed by atoms with Gasteiger partial charge in [0.1, 0.15) is 0 Å². The molecule has 2 nitrogen and oxygen atoms in total. The van der Waals surface area contributed by atoms with E-state index in [9.17, 15) is 0 Å². The molecule has 0 spiro atoms. The van der Waals surface area contributed by atoms with Gasteiger partial charge in [0, 0.05) is 19.1 Å². The van der Waals surface area contributed by atoms with E-state index in [2.05, 4.69) is 78.1 Å². The van der Waals surface area contributed by atoms with Crippen LogP contribution in [0.3, 0.4) is 0 Å². The van der Waals surface area contributed by atoms with Crippen LogP contribution >= 0.6 is 0 Å². The maximum absolute atomic E-state index is 5.94. The van der Waals surface area contributed by atoms with Gasteiger partial charge in [-0.15, -0.1) is 0 Å². The molecule has 1 atom stereocenters. The smallest absolute Gasteiger partial charge is 0.0233 e. The number of nitrogens with two attached hydrogens (primary N) is 1. The first kappa shape index (κ1) is 16.4. The Morgan fingerprint density at radius 2 is 1.25 bits per heavy atom. The monoisotopic (exact) mass is 316 g/mol. The van der Waals surface area contributed by atoms with Gasteiger partial charge < -0.3 is 11.1 Å². The van der Waals surface area contributed by atoms with E-state index in [1.54, 1.807) is 0 Å². The van der Waals surface area contributed by atoms with Crippen LogP contribution in [0, 0.1) is 0 Å². The predicted molar refractivity (Wildman–Crippen MR) is 102 cm³/mol. The van der Waals surface area contributed by atoms with E-state index in [1.165, 1.54) is 22.3 Å². The molecule has 0 aromatic heterocycles. The fraction of sp³-hybridized carbons (Fsp3) is 0.182. The molecule has 0 bridgehead atoms. The molecule has 0 heterocycles. The lowest BCUT2D eigenvalue weighted by Crippen LogP contribution is -2.37. The van der Waals surface area contributed by atoms with Gasteiger partial charge in [0.15, 0.2) is 0 Å². The molecule has 0 aliphatic carbocycles. The molecule has 0 unspecified atom stereocenters. The van der Waals surface area contributed by atoms with E-state index < -0.39 is 0 Å². The Kier molecular flexibility index (Phi) is 5.78. The van der Waals surface area contributed by atoms with Gasteiger partial charge in [0.2, 0.25) is 0 Å². The van der Waals surface area contributed by atoms with Crippen molar-refractivity contribution in [2.24, 2.45) is 5.73 Å². The molecule has 3 rings (SSSR count). The van der Waals surface area contributed by atoms with Crippen LogP contribution in [0.5, 0.6) is 0 Å². The highest BCUT2D eigenvalue weighted by atomic mass is 14.9. The number of benzene rings is 3. The summed E-state index contributed by atoms with van der Waals surface area (Å²) in [6, 6.07) is 30.0. The van der Waals surface area contributed by atoms with Gasteiger partial charge in [-0.05, 0) is 28.7 Å². The topological polar surface area (TPSA) is 38.0 Å². The average molecular weight is 316 g/mol. The molecule has 0 aliphatic heterocycles. The Labute approximate surface area is 144 Å². The van der Waals surface area contributed by atoms with Crippen LogP contribution in [0.2, 0.25) is 0 Å². The summed E-state index contributed by atoms with van der Waals surface area (Å²) in [6.07, 6.45) is 0.943. The molecule has 0 amide bonds. The van der Waals surface area contributed by atoms with Crippen LogP contribution in [0.1, 0.15) is 11.1 Å². The zero-order valence-corrected chi connectivity index (χ0v) is 13.9. The summed E-state index contributed by atoms with van der Waals surface area (Å²) in [4.78, 5) is 0. The summed E-state index contributed by atoms with van der Waals surface area (Å²) >= 11 is 0. The van der Waals surface area contributed by atoms with Gasteiger partial charge in [0.25, 0.3) is 0 Å². The van der Waals surface area contributed by atoms with Crippen molar-refractivity contribution in [3.63, 3.8) is 0 Å². The fourth-order valence-corrected chi connectivity index (χ4v) is 2.85. The maximum atomic E-state index is 5.94. The average Bonchev–Trinajstić information content (AvgIpc) is 2.67. The number of hydrogen-bond donors (Lipinski definition) is 2. The number of rotatable bonds is 7. The van der Waals surface area contributed by atoms with Crippen LogP contribution < -0.4 is 11.1 Å². The van der Waals surface area contributed by atoms with Gasteiger partial charge in [-0.25, -0.2) is 0 Å². The summed E-state index contributed by atoms with van der Waals surface area (Å²) < 4.78 is 0. The van der Waals surface area contributed by atoms with Crippen molar-refractivity contribution in [1.29, 1.82) is 0 Å². The van der Waals surface area contributed by atoms with E-state index >= 15 is 0 Å². The lowest BCUT2D eigenvalue weighted by molar-refractivity contribution is 0.515. The first-order valence-corrected chi connectivity index (χ1v) is 8.47. The second kappa shape index (κ2) is 8.44. The lowest BCUT2D eigenvalue weighted by Gasteiger charge is -2.17. The van der Waals surface area contributed by atoms with E-state index in [0.29, 0.717) is 6.54 Å². The molecular formula is C22H24N2. The lowest BCUT2D eigenvalue weighted by atomic mass is 10.0. The Hall–Kier alpha value is -2.42. The predicted octanol–water partition coefficient (Wildman–Crippen LogP) is 4.01. The molecule has 3 N–H and O–H groups in total. The van der Waals surface area contributed by atoms with Gasteiger partial charge in [0.05, 0.1) is 0 Å². The van der Waals surface area contributed by atoms with E-state index in [1.807, 2.05) is 12.1 Å². The van der Waals surface area contributed by atoms with Crippen LogP contribution in [0.15, 0.2) is 84.9 Å². The Morgan fingerprint density at radius 3 is 1.88 bits per heavy atom. The molecule has 0 saturated carbocycles. The highest BCUT2D eigenvalue weighted by Gasteiger charge is 2.07. The van der Waals surface area contributed by atoms with Crippen molar-refractivity contribution in [2.45, 2.75) is 19.0 Å². The normalized spacial score (nSPS) is 12.0. The summed E-state index contributed by atoms with van der Waals surface area (Å²) in [5.74, 6) is 0. The van der Waals surface area contributed by atoms with E-state index in [0.717, 1.165) is 13.0 Å². The summed E-state index contributed by atoms with van der Waals surface area (Å²) in [7, 11) is 0. The molecule has 0 radical (unpaired) electrons. The first-order chi connectivity index (χ1) is 11.8. The van der Waals surface area contributed by atoms with E-state index in [4.69, 9.17) is 5.73 Å². The van der Waals surface area contributed by atoms with Crippen LogP contribution in [0.25, 0.3) is 11.1 Å². The third-order valence-corrected chi connectivity index (χ3v) is 4.27. The van der Waals surface area contributed by atoms with Gasteiger partial charge in [-0.2, -0.15) is 0 Å². The largest absolute Gasteiger partial charge is 0.329 e. The SMILES string of the molecule is NC[C@H](Cc1ccc(-c2ccccc2)cc1)NCc1ccccc1. The summed E-state index contributed by atoms with van der Waals surface area (Å²) in [6.45, 7) is 1.48. The molecule has 2 heteroatoms. The standard InChI is InChI=1S/C22H24N2/c23-16-22(24-17-19-7-3-1-4-8-19)15-18-11-13-21(14-12-18)20-9-5-2-6-10-20/h1-14,22,24H,15-17,23H2/t22-/m0/s1. The zero-order valence-electron chi connectivity index (χ0n) is 13.9. The zero-order chi connectivity index (χ0) is 16.6. The van der Waals surface area contributed by atoms with Crippen molar-refractivity contribution >= 4 is 0 Å². The molecular weight excluding hydrogens is 292 g/mol. The fourth-order valence-electron chi connectivity index (χ4n) is 2.85. The molecule has 3 aromatic carbocycles. The minimum Gasteiger partial charge on any atom is -0.329 e. The third kappa shape index (κ3) is 4.54. The summed E-state index contributed by atoms with van der Waals surface area (Å²) in [5, 5.41) is 3.56. The number of nitrogens with one attached hydrogen (secondary N) is 1. The van der Waals surface area contributed by atoms with Gasteiger partial charge in [-0.1, -0.05) is 84.9 Å². The van der Waals surface area contributed by atoms with Gasteiger partial charge >= 0.3 is 0 Å². The highest BCUT2D eigenvalue weighted by Crippen LogP contribution is 2.19. The van der Waals surface area contributed by atoms with Crippen LogP contribution in [-0.2, 0) is 13.0 Å². The van der Waals surface area contributed by atoms with Crippen molar-refractivity contribution in [2.75, 3.05) is 6.54 Å². The second-order valence-electron chi connectivity index (χ2n) is 6.07. The Morgan fingerprint density at radius 1 is 0.667 bits per heavy atom. The van der Waals surface area contributed by atoms with Crippen LogP contribution in [0.4, 0.5) is 0 Å². The Bertz CT molecular complexity index is 721. The molecule has 122 valence electrons. The minimum absolute atomic E-state index is 0.285. The van der Waals surface area contributed by atoms with Gasteiger partial charge in [-0.3, -0.25) is 0 Å². The second-order valence-corrected chi connectivity index (χ2v) is 6.07. The van der Waals surface area contributed by atoms with Crippen molar-refractivity contribution in [1.82, 2.24) is 5.32 Å². The van der Waals surface area contributed by atoms with Crippen molar-refractivity contribution in [3.05, 3.63) is 96.1 Å². The maximum Gasteiger partial charge on any atom is 0.0233 e. The molecule has 0 aliphatic rings. The molecule has 0 saturated heterocycles. The molecule has 0 fully saturated rings. The first-order valence-electron chi connectivity index (χ1n) is 8.47. The minimum atomic E-state index is 0.285. The molecule has 24 heavy (non-hydrogen) atoms. The Balaban J connectivity index is 1.59.